The summed E-state index contributed by atoms with van der Waals surface area (Å²) < 4.78 is 13.5. The number of likely N-dealkylation sites (tertiary alicyclic amines) is 1. The Kier molecular flexibility index (Phi) is 5.69. The maximum Gasteiger partial charge on any atom is 0.243 e. The first-order valence-electron chi connectivity index (χ1n) is 11.0. The van der Waals surface area contributed by atoms with E-state index in [-0.39, 0.29) is 24.3 Å². The molecule has 0 radical (unpaired) electrons. The summed E-state index contributed by atoms with van der Waals surface area (Å²) in [7, 11) is 0. The fourth-order valence-electron chi connectivity index (χ4n) is 4.78. The third-order valence-electron chi connectivity index (χ3n) is 6.45. The number of fused-ring (bicyclic) bond motifs is 1. The Balaban J connectivity index is 1.32. The summed E-state index contributed by atoms with van der Waals surface area (Å²) in [6.07, 6.45) is 4.05. The van der Waals surface area contributed by atoms with Crippen LogP contribution in [0.2, 0.25) is 0 Å². The average molecular weight is 426 g/mol. The van der Waals surface area contributed by atoms with Gasteiger partial charge in [-0.3, -0.25) is 9.69 Å². The van der Waals surface area contributed by atoms with Gasteiger partial charge in [-0.25, -0.2) is 14.4 Å². The van der Waals surface area contributed by atoms with E-state index in [0.29, 0.717) is 11.5 Å². The molecule has 0 aliphatic carbocycles. The SMILES string of the molecule is O=C1CNc2ncnc(N3CCN(C(CN4CCCC4)c4ccc(F)cc4)CC3)c2N1. The van der Waals surface area contributed by atoms with Crippen LogP contribution in [-0.2, 0) is 4.79 Å². The van der Waals surface area contributed by atoms with Gasteiger partial charge in [0, 0.05) is 38.8 Å². The molecule has 164 valence electrons. The van der Waals surface area contributed by atoms with Crippen molar-refractivity contribution in [2.75, 3.05) is 67.9 Å². The van der Waals surface area contributed by atoms with Crippen molar-refractivity contribution in [3.8, 4) is 0 Å². The molecule has 0 saturated carbocycles. The minimum Gasteiger partial charge on any atom is -0.359 e. The fourth-order valence-corrected chi connectivity index (χ4v) is 4.78. The van der Waals surface area contributed by atoms with Gasteiger partial charge in [0.1, 0.15) is 17.8 Å². The summed E-state index contributed by atoms with van der Waals surface area (Å²) in [5, 5.41) is 5.96. The zero-order valence-electron chi connectivity index (χ0n) is 17.6. The monoisotopic (exact) mass is 425 g/mol. The van der Waals surface area contributed by atoms with Crippen molar-refractivity contribution in [1.82, 2.24) is 19.8 Å². The summed E-state index contributed by atoms with van der Waals surface area (Å²) in [4.78, 5) is 27.8. The molecule has 9 heteroatoms. The van der Waals surface area contributed by atoms with Gasteiger partial charge < -0.3 is 20.4 Å². The lowest BCUT2D eigenvalue weighted by Gasteiger charge is -2.41. The van der Waals surface area contributed by atoms with E-state index in [9.17, 15) is 9.18 Å². The van der Waals surface area contributed by atoms with Crippen LogP contribution < -0.4 is 15.5 Å². The van der Waals surface area contributed by atoms with E-state index in [1.807, 2.05) is 12.1 Å². The molecule has 1 atom stereocenters. The van der Waals surface area contributed by atoms with Crippen LogP contribution >= 0.6 is 0 Å². The number of piperazine rings is 1. The molecule has 4 heterocycles. The molecule has 5 rings (SSSR count). The first-order chi connectivity index (χ1) is 15.2. The Morgan fingerprint density at radius 1 is 1.00 bits per heavy atom. The highest BCUT2D eigenvalue weighted by Gasteiger charge is 2.30. The number of benzene rings is 1. The van der Waals surface area contributed by atoms with Gasteiger partial charge in [0.25, 0.3) is 0 Å². The number of carbonyl (C=O) groups excluding carboxylic acids is 1. The number of hydrogen-bond acceptors (Lipinski definition) is 7. The van der Waals surface area contributed by atoms with Crippen LogP contribution in [0.4, 0.5) is 21.7 Å². The Morgan fingerprint density at radius 3 is 2.48 bits per heavy atom. The molecule has 2 N–H and O–H groups in total. The van der Waals surface area contributed by atoms with Crippen LogP contribution in [0.1, 0.15) is 24.4 Å². The Hall–Kier alpha value is -2.78. The Labute approximate surface area is 181 Å². The molecule has 2 saturated heterocycles. The first kappa shape index (κ1) is 20.1. The van der Waals surface area contributed by atoms with Crippen LogP contribution in [0.3, 0.4) is 0 Å². The van der Waals surface area contributed by atoms with Gasteiger partial charge in [-0.15, -0.1) is 0 Å². The van der Waals surface area contributed by atoms with Crippen LogP contribution in [-0.4, -0.2) is 78.0 Å². The normalized spacial score (nSPS) is 20.8. The van der Waals surface area contributed by atoms with Crippen LogP contribution in [0.15, 0.2) is 30.6 Å². The molecular formula is C22H28FN7O. The number of halogens is 1. The van der Waals surface area contributed by atoms with Crippen molar-refractivity contribution < 1.29 is 9.18 Å². The molecule has 1 aromatic carbocycles. The summed E-state index contributed by atoms with van der Waals surface area (Å²) in [6.45, 7) is 6.82. The third kappa shape index (κ3) is 4.33. The van der Waals surface area contributed by atoms with E-state index in [1.165, 1.54) is 12.8 Å². The van der Waals surface area contributed by atoms with E-state index in [2.05, 4.69) is 35.3 Å². The van der Waals surface area contributed by atoms with E-state index < -0.39 is 0 Å². The van der Waals surface area contributed by atoms with Crippen molar-refractivity contribution in [2.45, 2.75) is 18.9 Å². The molecule has 0 spiro atoms. The zero-order chi connectivity index (χ0) is 21.2. The standard InChI is InChI=1S/C22H28FN7O/c23-17-5-3-16(4-6-17)18(14-28-7-1-2-8-28)29-9-11-30(12-10-29)22-20-21(25-15-26-22)24-13-19(31)27-20/h3-6,15,18H,1-2,7-14H2,(H,27,31)(H,24,25,26). The predicted octanol–water partition coefficient (Wildman–Crippen LogP) is 1.94. The zero-order valence-corrected chi connectivity index (χ0v) is 17.6. The van der Waals surface area contributed by atoms with Crippen molar-refractivity contribution >= 4 is 23.2 Å². The fraction of sp³-hybridized carbons (Fsp3) is 0.500. The van der Waals surface area contributed by atoms with Gasteiger partial charge in [-0.1, -0.05) is 12.1 Å². The van der Waals surface area contributed by atoms with Gasteiger partial charge in [0.15, 0.2) is 11.6 Å². The van der Waals surface area contributed by atoms with Crippen molar-refractivity contribution in [2.24, 2.45) is 0 Å². The molecule has 2 fully saturated rings. The maximum atomic E-state index is 13.5. The summed E-state index contributed by atoms with van der Waals surface area (Å²) in [5.41, 5.74) is 1.83. The van der Waals surface area contributed by atoms with Gasteiger partial charge in [0.2, 0.25) is 5.91 Å². The highest BCUT2D eigenvalue weighted by atomic mass is 19.1. The Morgan fingerprint density at radius 2 is 1.74 bits per heavy atom. The van der Waals surface area contributed by atoms with Gasteiger partial charge in [-0.05, 0) is 43.6 Å². The maximum absolute atomic E-state index is 13.5. The van der Waals surface area contributed by atoms with Crippen LogP contribution in [0, 0.1) is 5.82 Å². The molecule has 0 bridgehead atoms. The lowest BCUT2D eigenvalue weighted by Crippen LogP contribution is -2.50. The number of nitrogens with one attached hydrogen (secondary N) is 2. The van der Waals surface area contributed by atoms with Crippen molar-refractivity contribution in [3.05, 3.63) is 42.0 Å². The number of aromatic nitrogens is 2. The second kappa shape index (κ2) is 8.76. The second-order valence-corrected chi connectivity index (χ2v) is 8.42. The summed E-state index contributed by atoms with van der Waals surface area (Å²) in [5.74, 6) is 1.16. The smallest absolute Gasteiger partial charge is 0.243 e. The lowest BCUT2D eigenvalue weighted by molar-refractivity contribution is -0.114. The minimum absolute atomic E-state index is 0.0795. The molecule has 1 aromatic heterocycles. The van der Waals surface area contributed by atoms with Gasteiger partial charge >= 0.3 is 0 Å². The molecule has 31 heavy (non-hydrogen) atoms. The topological polar surface area (TPSA) is 76.6 Å². The van der Waals surface area contributed by atoms with Crippen molar-refractivity contribution in [1.29, 1.82) is 0 Å². The van der Waals surface area contributed by atoms with Crippen LogP contribution in [0.25, 0.3) is 0 Å². The van der Waals surface area contributed by atoms with Gasteiger partial charge in [-0.2, -0.15) is 0 Å². The minimum atomic E-state index is -0.197. The summed E-state index contributed by atoms with van der Waals surface area (Å²) in [6, 6.07) is 7.20. The number of carbonyl (C=O) groups is 1. The number of rotatable bonds is 5. The van der Waals surface area contributed by atoms with E-state index in [0.717, 1.165) is 57.2 Å². The number of amides is 1. The van der Waals surface area contributed by atoms with Gasteiger partial charge in [0.05, 0.1) is 6.54 Å². The molecule has 3 aliphatic heterocycles. The third-order valence-corrected chi connectivity index (χ3v) is 6.45. The van der Waals surface area contributed by atoms with Crippen molar-refractivity contribution in [3.63, 3.8) is 0 Å². The summed E-state index contributed by atoms with van der Waals surface area (Å²) >= 11 is 0. The molecule has 1 unspecified atom stereocenters. The number of nitrogens with zero attached hydrogens (tertiary/aromatic N) is 5. The highest BCUT2D eigenvalue weighted by molar-refractivity contribution is 6.02. The molecule has 1 amide bonds. The lowest BCUT2D eigenvalue weighted by atomic mass is 10.0. The predicted molar refractivity (Wildman–Crippen MR) is 118 cm³/mol. The first-order valence-corrected chi connectivity index (χ1v) is 11.0. The quantitative estimate of drug-likeness (QED) is 0.758. The highest BCUT2D eigenvalue weighted by Crippen LogP contribution is 2.33. The second-order valence-electron chi connectivity index (χ2n) is 8.42. The molecule has 8 nitrogen and oxygen atoms in total. The van der Waals surface area contributed by atoms with Crippen LogP contribution in [0.5, 0.6) is 0 Å². The molecule has 2 aromatic rings. The number of anilines is 3. The van der Waals surface area contributed by atoms with E-state index in [1.54, 1.807) is 18.5 Å². The largest absolute Gasteiger partial charge is 0.359 e. The molecule has 3 aliphatic rings. The average Bonchev–Trinajstić information content (AvgIpc) is 3.31. The van der Waals surface area contributed by atoms with E-state index >= 15 is 0 Å². The number of hydrogen-bond donors (Lipinski definition) is 2. The Bertz CT molecular complexity index is 924. The molecular weight excluding hydrogens is 397 g/mol. The van der Waals surface area contributed by atoms with E-state index in [4.69, 9.17) is 0 Å².